The van der Waals surface area contributed by atoms with Crippen molar-refractivity contribution < 1.29 is 146 Å². The Kier molecular flexibility index (Phi) is 699. The summed E-state index contributed by atoms with van der Waals surface area (Å²) >= 11 is 0. The summed E-state index contributed by atoms with van der Waals surface area (Å²) in [7, 11) is -7.26. The van der Waals surface area contributed by atoms with E-state index in [9.17, 15) is 0 Å². The molecule has 0 aromatic rings. The molecule has 23 heteroatoms. The molecule has 0 saturated carbocycles. The molecule has 0 saturated heterocycles. The summed E-state index contributed by atoms with van der Waals surface area (Å²) in [5.74, 6) is 0. The summed E-state index contributed by atoms with van der Waals surface area (Å²) < 4.78 is 17.0. The zero-order chi connectivity index (χ0) is 7.15. The van der Waals surface area contributed by atoms with Crippen LogP contribution < -0.4 is 108 Å². The molecule has 0 rings (SSSR count). The fraction of sp³-hybridized carbons (Fsp3) is 0. The van der Waals surface area contributed by atoms with Crippen molar-refractivity contribution in [2.24, 2.45) is 0 Å². The van der Waals surface area contributed by atoms with E-state index in [1.54, 1.807) is 0 Å². The van der Waals surface area contributed by atoms with Crippen LogP contribution in [0.25, 0.3) is 0 Å². The third kappa shape index (κ3) is 294. The van der Waals surface area contributed by atoms with Crippen LogP contribution in [-0.4, -0.2) is 269 Å². The number of hydrogen-bond acceptors (Lipinski definition) is 8. The zero-order valence-electron chi connectivity index (χ0n) is 21.1. The van der Waals surface area contributed by atoms with Crippen molar-refractivity contribution in [3.05, 3.63) is 0 Å². The first-order valence-electron chi connectivity index (χ1n) is 1.22. The molecular weight excluding hydrogens is 543 g/mol. The van der Waals surface area contributed by atoms with E-state index in [4.69, 9.17) is 28.1 Å². The van der Waals surface area contributed by atoms with Crippen LogP contribution in [0.3, 0.4) is 0 Å². The molecule has 0 aromatic heterocycles. The SMILES string of the molecule is O.O=[Si]([O-])[O-].O=[Si]([O-])[O-].[AlH3].[AlH3].[AlH3].[Ca+2].[Ca+2].[Ca+2].[H-].[H-].[H-].[H-].[H-].[H-].[H-].[H-].[H-].[Mg+2].[Mg+2].[Mg+2].[Na+].[Na+].[Na+].[OH-].[OH-]. The molecule has 0 radical (unpaired) electrons. The first-order chi connectivity index (χ1) is 3.46. The average Bonchev–Trinajstić information content (AvgIpc) is 1.25. The van der Waals surface area contributed by atoms with E-state index in [2.05, 4.69) is 0 Å². The van der Waals surface area contributed by atoms with Crippen LogP contribution in [0, 0.1) is 0 Å². The van der Waals surface area contributed by atoms with E-state index in [1.165, 1.54) is 0 Å². The summed E-state index contributed by atoms with van der Waals surface area (Å²) in [5.41, 5.74) is 0. The van der Waals surface area contributed by atoms with E-state index < -0.39 is 18.3 Å². The molecule has 0 fully saturated rings. The van der Waals surface area contributed by atoms with Crippen LogP contribution in [0.4, 0.5) is 0 Å². The largest absolute Gasteiger partial charge is 2.00 e. The van der Waals surface area contributed by atoms with Crippen molar-refractivity contribution in [3.63, 3.8) is 0 Å². The first-order valence-corrected chi connectivity index (χ1v) is 3.67. The second kappa shape index (κ2) is 121. The maximum absolute atomic E-state index is 8.52. The van der Waals surface area contributed by atoms with Crippen LogP contribution in [-0.2, 0) is 8.92 Å². The van der Waals surface area contributed by atoms with Crippen molar-refractivity contribution >= 4 is 253 Å². The second-order valence-electron chi connectivity index (χ2n) is 0.500. The topological polar surface area (TPSA) is 218 Å². The van der Waals surface area contributed by atoms with Gasteiger partial charge in [0.05, 0.1) is 0 Å². The molecule has 0 aliphatic heterocycles. The van der Waals surface area contributed by atoms with Gasteiger partial charge in [-0.15, -0.1) is 0 Å². The van der Waals surface area contributed by atoms with Crippen LogP contribution in [0.2, 0.25) is 0 Å². The molecular formula is H22Al3Ca3Mg3Na3O9Si2. The summed E-state index contributed by atoms with van der Waals surface area (Å²) in [6.07, 6.45) is 0. The Morgan fingerprint density at radius 1 is 0.565 bits per heavy atom. The van der Waals surface area contributed by atoms with Gasteiger partial charge in [-0.2, -0.15) is 0 Å². The molecule has 4 N–H and O–H groups in total. The van der Waals surface area contributed by atoms with Gasteiger partial charge in [-0.25, -0.2) is 0 Å². The van der Waals surface area contributed by atoms with Crippen molar-refractivity contribution in [2.45, 2.75) is 0 Å². The third-order valence-electron chi connectivity index (χ3n) is 0. The molecule has 108 valence electrons. The maximum atomic E-state index is 8.52. The van der Waals surface area contributed by atoms with Gasteiger partial charge >= 0.3 is 271 Å². The van der Waals surface area contributed by atoms with Gasteiger partial charge in [-0.3, -0.25) is 0 Å². The van der Waals surface area contributed by atoms with Crippen LogP contribution in [0.1, 0.15) is 12.8 Å². The normalized spacial score (nSPS) is 2.09. The Balaban J connectivity index is -0.000000000536. The van der Waals surface area contributed by atoms with Gasteiger partial charge in [0.15, 0.2) is 52.1 Å². The van der Waals surface area contributed by atoms with Gasteiger partial charge in [-0.1, -0.05) is 0 Å². The van der Waals surface area contributed by atoms with E-state index in [0.29, 0.717) is 0 Å². The van der Waals surface area contributed by atoms with E-state index in [1.807, 2.05) is 0 Å². The molecule has 0 spiro atoms. The minimum absolute atomic E-state index is 0. The predicted molar refractivity (Wildman–Crippen MR) is 94.7 cm³/mol. The van der Waals surface area contributed by atoms with Crippen molar-refractivity contribution in [1.29, 1.82) is 0 Å². The smallest absolute Gasteiger partial charge is 1.00 e. The van der Waals surface area contributed by atoms with Gasteiger partial charge in [-0.05, 0) is 0 Å². The van der Waals surface area contributed by atoms with Crippen molar-refractivity contribution in [3.8, 4) is 0 Å². The predicted octanol–water partition coefficient (Wildman–Crippen LogP) is -20.7. The summed E-state index contributed by atoms with van der Waals surface area (Å²) in [6, 6.07) is 0. The van der Waals surface area contributed by atoms with E-state index >= 15 is 0 Å². The van der Waals surface area contributed by atoms with Gasteiger partial charge in [0, 0.05) is 18.3 Å². The van der Waals surface area contributed by atoms with Gasteiger partial charge in [0.25, 0.3) is 0 Å². The Hall–Kier alpha value is 9.79. The number of rotatable bonds is 0. The van der Waals surface area contributed by atoms with E-state index in [-0.39, 0.29) is 352 Å². The minimum Gasteiger partial charge on any atom is -1.00 e. The summed E-state index contributed by atoms with van der Waals surface area (Å²) in [4.78, 5) is 34.1. The van der Waals surface area contributed by atoms with E-state index in [0.717, 1.165) is 0 Å². The fourth-order valence-electron chi connectivity index (χ4n) is 0. The van der Waals surface area contributed by atoms with Gasteiger partial charge < -0.3 is 57.4 Å². The van der Waals surface area contributed by atoms with Gasteiger partial charge in [0.1, 0.15) is 0 Å². The Morgan fingerprint density at radius 2 is 0.565 bits per heavy atom. The molecule has 0 atom stereocenters. The summed E-state index contributed by atoms with van der Waals surface area (Å²) in [6.45, 7) is 0. The molecule has 0 aliphatic rings. The number of hydrogen-bond donors (Lipinski definition) is 0. The van der Waals surface area contributed by atoms with Crippen LogP contribution in [0.5, 0.6) is 0 Å². The molecule has 0 aliphatic carbocycles. The van der Waals surface area contributed by atoms with Crippen molar-refractivity contribution in [1.82, 2.24) is 0 Å². The Labute approximate surface area is 388 Å². The molecule has 0 unspecified atom stereocenters. The van der Waals surface area contributed by atoms with Gasteiger partial charge in [0.2, 0.25) is 0 Å². The van der Waals surface area contributed by atoms with Crippen LogP contribution in [0.15, 0.2) is 0 Å². The van der Waals surface area contributed by atoms with Crippen molar-refractivity contribution in [2.75, 3.05) is 0 Å². The Morgan fingerprint density at radius 3 is 0.565 bits per heavy atom. The average molecular weight is 565 g/mol. The molecule has 0 bridgehead atoms. The third-order valence-corrected chi connectivity index (χ3v) is 0. The summed E-state index contributed by atoms with van der Waals surface area (Å²) in [5, 5.41) is 0. The molecule has 0 aromatic carbocycles. The molecule has 23 heavy (non-hydrogen) atoms. The van der Waals surface area contributed by atoms with Crippen LogP contribution >= 0.6 is 0 Å². The molecule has 0 heterocycles. The monoisotopic (exact) mass is 564 g/mol. The maximum Gasteiger partial charge on any atom is 2.00 e. The Bertz CT molecular complexity index is 140. The minimum atomic E-state index is -3.63. The molecule has 9 nitrogen and oxygen atoms in total. The first kappa shape index (κ1) is 133. The second-order valence-corrected chi connectivity index (χ2v) is 1.50. The zero-order valence-corrected chi connectivity index (χ0v) is 31.0. The quantitative estimate of drug-likeness (QED) is 0.256. The standard InChI is InChI=1S/3Al.3Ca.3Mg.3Na.2O3Si.3H2O.18H/c;;;;;;;;;;;;2*1-4(2)3;;;;;;;;;;;;;;;;;;;;;/h;;;;;;;;;;;;;;3*1H2;;;;;;;;;;;;;;;;;;/q;;;6*+2;3*+1;2*-2;;;;;;;;;;;;;9*-1/p-2. The fourth-order valence-corrected chi connectivity index (χ4v) is 0. The molecule has 0 amide bonds.